The minimum absolute atomic E-state index is 0.0202. The first kappa shape index (κ1) is 17.0. The van der Waals surface area contributed by atoms with Crippen LogP contribution in [0.1, 0.15) is 5.76 Å². The number of halogens is 2. The second-order valence-corrected chi connectivity index (χ2v) is 5.82. The minimum Gasteiger partial charge on any atom is -0.455 e. The van der Waals surface area contributed by atoms with Crippen molar-refractivity contribution in [2.24, 2.45) is 5.10 Å². The van der Waals surface area contributed by atoms with Gasteiger partial charge < -0.3 is 4.42 Å². The molecule has 126 valence electrons. The lowest BCUT2D eigenvalue weighted by Crippen LogP contribution is -1.91. The minimum atomic E-state index is -0.458. The molecule has 0 saturated carbocycles. The fraction of sp³-hybridized carbons (Fsp3) is 0. The van der Waals surface area contributed by atoms with Crippen molar-refractivity contribution in [3.05, 3.63) is 80.5 Å². The molecule has 1 aromatic heterocycles. The Morgan fingerprint density at radius 1 is 1.04 bits per heavy atom. The number of hydrogen-bond acceptors (Lipinski definition) is 5. The fourth-order valence-electron chi connectivity index (χ4n) is 2.05. The van der Waals surface area contributed by atoms with Crippen LogP contribution in [0.15, 0.2) is 64.1 Å². The number of anilines is 1. The van der Waals surface area contributed by atoms with Crippen LogP contribution < -0.4 is 5.43 Å². The Hall–Kier alpha value is -2.83. The van der Waals surface area contributed by atoms with E-state index in [-0.39, 0.29) is 5.69 Å². The summed E-state index contributed by atoms with van der Waals surface area (Å²) in [5.74, 6) is 1.17. The zero-order chi connectivity index (χ0) is 17.8. The monoisotopic (exact) mass is 375 g/mol. The molecule has 3 rings (SSSR count). The fourth-order valence-corrected chi connectivity index (χ4v) is 2.35. The molecule has 0 amide bonds. The molecule has 0 saturated heterocycles. The zero-order valence-corrected chi connectivity index (χ0v) is 14.2. The van der Waals surface area contributed by atoms with Crippen LogP contribution in [0.3, 0.4) is 0 Å². The van der Waals surface area contributed by atoms with Gasteiger partial charge in [-0.3, -0.25) is 15.5 Å². The predicted molar refractivity (Wildman–Crippen MR) is 98.5 cm³/mol. The summed E-state index contributed by atoms with van der Waals surface area (Å²) in [7, 11) is 0. The van der Waals surface area contributed by atoms with Crippen LogP contribution in [0.25, 0.3) is 11.3 Å². The van der Waals surface area contributed by atoms with Crippen LogP contribution in [0, 0.1) is 10.1 Å². The lowest BCUT2D eigenvalue weighted by molar-refractivity contribution is -0.384. The molecule has 0 aliphatic heterocycles. The Kier molecular flexibility index (Phi) is 5.02. The largest absolute Gasteiger partial charge is 0.455 e. The van der Waals surface area contributed by atoms with Crippen LogP contribution in [0.2, 0.25) is 10.0 Å². The Morgan fingerprint density at radius 3 is 2.48 bits per heavy atom. The Labute approximate surface area is 152 Å². The van der Waals surface area contributed by atoms with Crippen molar-refractivity contribution < 1.29 is 9.34 Å². The number of nitrogens with one attached hydrogen (secondary N) is 1. The van der Waals surface area contributed by atoms with E-state index >= 15 is 0 Å². The first-order chi connectivity index (χ1) is 12.0. The van der Waals surface area contributed by atoms with Crippen molar-refractivity contribution >= 4 is 40.8 Å². The molecule has 3 aromatic rings. The van der Waals surface area contributed by atoms with E-state index < -0.39 is 4.92 Å². The molecule has 25 heavy (non-hydrogen) atoms. The maximum absolute atomic E-state index is 10.6. The van der Waals surface area contributed by atoms with Crippen molar-refractivity contribution in [3.63, 3.8) is 0 Å². The summed E-state index contributed by atoms with van der Waals surface area (Å²) >= 11 is 11.9. The van der Waals surface area contributed by atoms with Crippen LogP contribution in [0.4, 0.5) is 11.4 Å². The van der Waals surface area contributed by atoms with E-state index in [2.05, 4.69) is 10.5 Å². The standard InChI is InChI=1S/C17H11Cl2N3O3/c18-15-7-1-11(9-16(15)19)17-8-6-14(25-17)10-20-21-12-2-4-13(5-3-12)22(23)24/h1-10,21H/b20-10+. The highest BCUT2D eigenvalue weighted by atomic mass is 35.5. The van der Waals surface area contributed by atoms with E-state index in [0.717, 1.165) is 5.56 Å². The van der Waals surface area contributed by atoms with Crippen molar-refractivity contribution in [2.75, 3.05) is 5.43 Å². The predicted octanol–water partition coefficient (Wildman–Crippen LogP) is 5.61. The van der Waals surface area contributed by atoms with Gasteiger partial charge in [0.15, 0.2) is 0 Å². The maximum atomic E-state index is 10.6. The zero-order valence-electron chi connectivity index (χ0n) is 12.6. The van der Waals surface area contributed by atoms with Crippen LogP contribution in [-0.4, -0.2) is 11.1 Å². The molecule has 2 aromatic carbocycles. The number of nitro groups is 1. The average molecular weight is 376 g/mol. The summed E-state index contributed by atoms with van der Waals surface area (Å²) in [5, 5.41) is 15.6. The van der Waals surface area contributed by atoms with Crippen molar-refractivity contribution in [1.29, 1.82) is 0 Å². The molecule has 0 bridgehead atoms. The van der Waals surface area contributed by atoms with Gasteiger partial charge in [0.1, 0.15) is 11.5 Å². The molecular formula is C17H11Cl2N3O3. The van der Waals surface area contributed by atoms with Gasteiger partial charge in [0.05, 0.1) is 26.9 Å². The molecule has 1 heterocycles. The van der Waals surface area contributed by atoms with E-state index in [9.17, 15) is 10.1 Å². The number of hydrogen-bond donors (Lipinski definition) is 1. The summed E-state index contributed by atoms with van der Waals surface area (Å²) in [5.41, 5.74) is 4.22. The van der Waals surface area contributed by atoms with Gasteiger partial charge in [0, 0.05) is 17.7 Å². The first-order valence-electron chi connectivity index (χ1n) is 7.12. The molecule has 0 aliphatic carbocycles. The molecule has 0 unspecified atom stereocenters. The van der Waals surface area contributed by atoms with E-state index in [0.29, 0.717) is 27.3 Å². The molecule has 0 aliphatic rings. The highest BCUT2D eigenvalue weighted by Gasteiger charge is 2.06. The third-order valence-corrected chi connectivity index (χ3v) is 4.03. The maximum Gasteiger partial charge on any atom is 0.269 e. The summed E-state index contributed by atoms with van der Waals surface area (Å²) in [4.78, 5) is 10.1. The lowest BCUT2D eigenvalue weighted by atomic mass is 10.2. The number of rotatable bonds is 5. The molecule has 1 N–H and O–H groups in total. The molecule has 0 spiro atoms. The molecule has 0 atom stereocenters. The number of furan rings is 1. The first-order valence-corrected chi connectivity index (χ1v) is 7.87. The van der Waals surface area contributed by atoms with Crippen molar-refractivity contribution in [2.45, 2.75) is 0 Å². The van der Waals surface area contributed by atoms with Crippen molar-refractivity contribution in [1.82, 2.24) is 0 Å². The van der Waals surface area contributed by atoms with Gasteiger partial charge in [0.25, 0.3) is 5.69 Å². The number of nitrogens with zero attached hydrogens (tertiary/aromatic N) is 2. The topological polar surface area (TPSA) is 80.7 Å². The molecule has 8 heteroatoms. The van der Waals surface area contributed by atoms with Gasteiger partial charge in [-0.05, 0) is 42.5 Å². The normalized spacial score (nSPS) is 11.0. The van der Waals surface area contributed by atoms with Gasteiger partial charge in [-0.1, -0.05) is 23.2 Å². The number of non-ortho nitro benzene ring substituents is 1. The van der Waals surface area contributed by atoms with Gasteiger partial charge in [-0.15, -0.1) is 0 Å². The number of benzene rings is 2. The lowest BCUT2D eigenvalue weighted by Gasteiger charge is -2.00. The summed E-state index contributed by atoms with van der Waals surface area (Å²) < 4.78 is 5.67. The summed E-state index contributed by atoms with van der Waals surface area (Å²) in [6, 6.07) is 14.7. The van der Waals surface area contributed by atoms with E-state index in [1.807, 2.05) is 6.07 Å². The van der Waals surface area contributed by atoms with E-state index in [1.54, 1.807) is 36.4 Å². The smallest absolute Gasteiger partial charge is 0.269 e. The van der Waals surface area contributed by atoms with Crippen molar-refractivity contribution in [3.8, 4) is 11.3 Å². The molecule has 6 nitrogen and oxygen atoms in total. The van der Waals surface area contributed by atoms with Gasteiger partial charge in [-0.25, -0.2) is 0 Å². The summed E-state index contributed by atoms with van der Waals surface area (Å²) in [6.45, 7) is 0. The van der Waals surface area contributed by atoms with Gasteiger partial charge in [0.2, 0.25) is 0 Å². The molecule has 0 radical (unpaired) electrons. The van der Waals surface area contributed by atoms with Gasteiger partial charge >= 0.3 is 0 Å². The Balaban J connectivity index is 1.67. The highest BCUT2D eigenvalue weighted by Crippen LogP contribution is 2.29. The SMILES string of the molecule is O=[N+]([O-])c1ccc(N/N=C/c2ccc(-c3ccc(Cl)c(Cl)c3)o2)cc1. The quantitative estimate of drug-likeness (QED) is 0.357. The van der Waals surface area contributed by atoms with Crippen LogP contribution >= 0.6 is 23.2 Å². The molecule has 0 fully saturated rings. The number of hydrazone groups is 1. The van der Waals surface area contributed by atoms with E-state index in [4.69, 9.17) is 27.6 Å². The summed E-state index contributed by atoms with van der Waals surface area (Å²) in [6.07, 6.45) is 1.50. The van der Waals surface area contributed by atoms with E-state index in [1.165, 1.54) is 18.3 Å². The van der Waals surface area contributed by atoms with Gasteiger partial charge in [-0.2, -0.15) is 5.10 Å². The Morgan fingerprint density at radius 2 is 1.80 bits per heavy atom. The van der Waals surface area contributed by atoms with Crippen LogP contribution in [-0.2, 0) is 0 Å². The highest BCUT2D eigenvalue weighted by molar-refractivity contribution is 6.42. The van der Waals surface area contributed by atoms with Crippen LogP contribution in [0.5, 0.6) is 0 Å². The third kappa shape index (κ3) is 4.17. The third-order valence-electron chi connectivity index (χ3n) is 3.29. The second kappa shape index (κ2) is 7.38. The number of nitro benzene ring substituents is 1. The molecular weight excluding hydrogens is 365 g/mol. The Bertz CT molecular complexity index is 937. The second-order valence-electron chi connectivity index (χ2n) is 5.00. The average Bonchev–Trinajstić information content (AvgIpc) is 3.07.